The van der Waals surface area contributed by atoms with Crippen LogP contribution in [-0.4, -0.2) is 48.1 Å². The molecule has 1 aliphatic heterocycles. The van der Waals surface area contributed by atoms with E-state index in [1.165, 1.54) is 7.11 Å². The van der Waals surface area contributed by atoms with E-state index in [4.69, 9.17) is 4.74 Å². The monoisotopic (exact) mass is 307 g/mol. The lowest BCUT2D eigenvalue weighted by molar-refractivity contribution is -0.142. The molecule has 2 rings (SSSR count). The van der Waals surface area contributed by atoms with Crippen LogP contribution in [0.15, 0.2) is 30.3 Å². The van der Waals surface area contributed by atoms with E-state index >= 15 is 0 Å². The van der Waals surface area contributed by atoms with Crippen LogP contribution in [0.3, 0.4) is 0 Å². The zero-order valence-corrected chi connectivity index (χ0v) is 14.0. The summed E-state index contributed by atoms with van der Waals surface area (Å²) >= 11 is 2.02. The van der Waals surface area contributed by atoms with Gasteiger partial charge in [-0.1, -0.05) is 44.2 Å². The molecule has 0 aliphatic carbocycles. The molecule has 1 fully saturated rings. The van der Waals surface area contributed by atoms with E-state index in [1.54, 1.807) is 0 Å². The molecule has 0 radical (unpaired) electrons. The summed E-state index contributed by atoms with van der Waals surface area (Å²) in [4.78, 5) is 14.5. The molecule has 1 atom stereocenters. The maximum atomic E-state index is 12.1. The highest BCUT2D eigenvalue weighted by Gasteiger charge is 2.28. The molecular formula is C17H25NO2S. The van der Waals surface area contributed by atoms with Crippen molar-refractivity contribution in [2.24, 2.45) is 0 Å². The fourth-order valence-electron chi connectivity index (χ4n) is 2.65. The van der Waals surface area contributed by atoms with Crippen molar-refractivity contribution in [2.45, 2.75) is 30.9 Å². The smallest absolute Gasteiger partial charge is 0.314 e. The number of nitrogens with zero attached hydrogens (tertiary/aromatic N) is 1. The first kappa shape index (κ1) is 16.4. The van der Waals surface area contributed by atoms with Gasteiger partial charge in [0.25, 0.3) is 0 Å². The second kappa shape index (κ2) is 7.32. The van der Waals surface area contributed by atoms with Crippen LogP contribution in [0.5, 0.6) is 0 Å². The Morgan fingerprint density at radius 1 is 1.33 bits per heavy atom. The van der Waals surface area contributed by atoms with Gasteiger partial charge < -0.3 is 9.64 Å². The summed E-state index contributed by atoms with van der Waals surface area (Å²) in [5, 5.41) is 0. The Kier molecular flexibility index (Phi) is 5.71. The fourth-order valence-corrected chi connectivity index (χ4v) is 3.78. The number of benzene rings is 1. The zero-order chi connectivity index (χ0) is 15.3. The summed E-state index contributed by atoms with van der Waals surface area (Å²) in [6.45, 7) is 7.42. The summed E-state index contributed by atoms with van der Waals surface area (Å²) in [5.41, 5.74) is 1.04. The predicted molar refractivity (Wildman–Crippen MR) is 88.8 cm³/mol. The standard InChI is InChI=1S/C17H25NO2S/c1-17(2)9-10-18(11-12-21-17)13-15(16(19)20-3)14-7-5-4-6-8-14/h4-8,15H,9-13H2,1-3H3. The molecule has 1 saturated heterocycles. The van der Waals surface area contributed by atoms with E-state index in [0.717, 1.165) is 37.4 Å². The Morgan fingerprint density at radius 2 is 2.05 bits per heavy atom. The summed E-state index contributed by atoms with van der Waals surface area (Å²) in [7, 11) is 1.47. The molecule has 0 bridgehead atoms. The summed E-state index contributed by atoms with van der Waals surface area (Å²) in [5.74, 6) is 0.787. The van der Waals surface area contributed by atoms with Gasteiger partial charge in [0.2, 0.25) is 0 Å². The molecule has 1 heterocycles. The minimum absolute atomic E-state index is 0.141. The van der Waals surface area contributed by atoms with Crippen molar-refractivity contribution in [1.29, 1.82) is 0 Å². The lowest BCUT2D eigenvalue weighted by Crippen LogP contribution is -2.34. The van der Waals surface area contributed by atoms with Crippen LogP contribution in [0, 0.1) is 0 Å². The van der Waals surface area contributed by atoms with Gasteiger partial charge in [-0.2, -0.15) is 11.8 Å². The second-order valence-corrected chi connectivity index (χ2v) is 7.95. The van der Waals surface area contributed by atoms with Gasteiger partial charge in [0.05, 0.1) is 13.0 Å². The third-order valence-electron chi connectivity index (χ3n) is 4.06. The number of ether oxygens (including phenoxy) is 1. The number of carbonyl (C=O) groups is 1. The molecule has 1 aromatic carbocycles. The molecule has 21 heavy (non-hydrogen) atoms. The van der Waals surface area contributed by atoms with E-state index in [2.05, 4.69) is 18.7 Å². The highest BCUT2D eigenvalue weighted by atomic mass is 32.2. The second-order valence-electron chi connectivity index (χ2n) is 6.15. The molecule has 0 aromatic heterocycles. The minimum Gasteiger partial charge on any atom is -0.469 e. The normalized spacial score (nSPS) is 20.5. The Balaban J connectivity index is 2.07. The van der Waals surface area contributed by atoms with Crippen LogP contribution in [0.2, 0.25) is 0 Å². The van der Waals surface area contributed by atoms with Crippen molar-refractivity contribution in [3.8, 4) is 0 Å². The van der Waals surface area contributed by atoms with E-state index in [9.17, 15) is 4.79 Å². The lowest BCUT2D eigenvalue weighted by atomic mass is 9.98. The zero-order valence-electron chi connectivity index (χ0n) is 13.2. The Hall–Kier alpha value is -1.00. The van der Waals surface area contributed by atoms with Crippen molar-refractivity contribution in [3.05, 3.63) is 35.9 Å². The molecule has 0 N–H and O–H groups in total. The Labute approximate surface area is 132 Å². The first-order valence-corrected chi connectivity index (χ1v) is 8.49. The minimum atomic E-state index is -0.192. The number of hydrogen-bond donors (Lipinski definition) is 0. The maximum absolute atomic E-state index is 12.1. The number of rotatable bonds is 4. The number of esters is 1. The van der Waals surface area contributed by atoms with E-state index in [-0.39, 0.29) is 11.9 Å². The molecule has 0 amide bonds. The molecule has 1 unspecified atom stereocenters. The number of carbonyl (C=O) groups excluding carboxylic acids is 1. The molecule has 3 nitrogen and oxygen atoms in total. The highest BCUT2D eigenvalue weighted by molar-refractivity contribution is 8.00. The maximum Gasteiger partial charge on any atom is 0.314 e. The molecule has 1 aliphatic rings. The SMILES string of the molecule is COC(=O)C(CN1CCSC(C)(C)CC1)c1ccccc1. The highest BCUT2D eigenvalue weighted by Crippen LogP contribution is 2.31. The van der Waals surface area contributed by atoms with Crippen molar-refractivity contribution in [3.63, 3.8) is 0 Å². The first-order chi connectivity index (χ1) is 10.0. The topological polar surface area (TPSA) is 29.5 Å². The summed E-state index contributed by atoms with van der Waals surface area (Å²) in [6.07, 6.45) is 1.15. The molecule has 116 valence electrons. The fraction of sp³-hybridized carbons (Fsp3) is 0.588. The van der Waals surface area contributed by atoms with Gasteiger partial charge in [-0.25, -0.2) is 0 Å². The van der Waals surface area contributed by atoms with E-state index < -0.39 is 0 Å². The molecule has 0 saturated carbocycles. The van der Waals surface area contributed by atoms with E-state index in [0.29, 0.717) is 4.75 Å². The predicted octanol–water partition coefficient (Wildman–Crippen LogP) is 3.16. The van der Waals surface area contributed by atoms with Gasteiger partial charge in [-0.3, -0.25) is 4.79 Å². The molecular weight excluding hydrogens is 282 g/mol. The van der Waals surface area contributed by atoms with Gasteiger partial charge in [-0.05, 0) is 18.5 Å². The quantitative estimate of drug-likeness (QED) is 0.799. The number of methoxy groups -OCH3 is 1. The number of thioether (sulfide) groups is 1. The average molecular weight is 307 g/mol. The summed E-state index contributed by atoms with van der Waals surface area (Å²) in [6, 6.07) is 9.96. The van der Waals surface area contributed by atoms with Crippen molar-refractivity contribution in [1.82, 2.24) is 4.90 Å². The Morgan fingerprint density at radius 3 is 2.71 bits per heavy atom. The third kappa shape index (κ3) is 4.75. The molecule has 1 aromatic rings. The third-order valence-corrected chi connectivity index (χ3v) is 5.43. The van der Waals surface area contributed by atoms with Crippen LogP contribution < -0.4 is 0 Å². The van der Waals surface area contributed by atoms with Gasteiger partial charge >= 0.3 is 5.97 Å². The van der Waals surface area contributed by atoms with Gasteiger partial charge in [0.1, 0.15) is 0 Å². The van der Waals surface area contributed by atoms with Gasteiger partial charge in [0, 0.05) is 23.6 Å². The summed E-state index contributed by atoms with van der Waals surface area (Å²) < 4.78 is 5.35. The number of hydrogen-bond acceptors (Lipinski definition) is 4. The average Bonchev–Trinajstić information content (AvgIpc) is 2.66. The van der Waals surface area contributed by atoms with Crippen molar-refractivity contribution < 1.29 is 9.53 Å². The first-order valence-electron chi connectivity index (χ1n) is 7.51. The van der Waals surface area contributed by atoms with Crippen molar-refractivity contribution in [2.75, 3.05) is 32.5 Å². The van der Waals surface area contributed by atoms with Crippen LogP contribution in [0.1, 0.15) is 31.7 Å². The van der Waals surface area contributed by atoms with Gasteiger partial charge in [-0.15, -0.1) is 0 Å². The van der Waals surface area contributed by atoms with Crippen molar-refractivity contribution >= 4 is 17.7 Å². The van der Waals surface area contributed by atoms with Crippen LogP contribution >= 0.6 is 11.8 Å². The van der Waals surface area contributed by atoms with Crippen LogP contribution in [-0.2, 0) is 9.53 Å². The van der Waals surface area contributed by atoms with E-state index in [1.807, 2.05) is 42.1 Å². The molecule has 4 heteroatoms. The lowest BCUT2D eigenvalue weighted by Gasteiger charge is -2.26. The largest absolute Gasteiger partial charge is 0.469 e. The van der Waals surface area contributed by atoms with Crippen LogP contribution in [0.4, 0.5) is 0 Å². The van der Waals surface area contributed by atoms with Gasteiger partial charge in [0.15, 0.2) is 0 Å². The molecule has 0 spiro atoms. The van der Waals surface area contributed by atoms with Crippen LogP contribution in [0.25, 0.3) is 0 Å². The Bertz CT molecular complexity index is 461.